The number of fused-ring (bicyclic) bond motifs is 2. The average Bonchev–Trinajstić information content (AvgIpc) is 3.53. The molecule has 42 heavy (non-hydrogen) atoms. The number of ether oxygens (including phenoxy) is 2. The van der Waals surface area contributed by atoms with Crippen molar-refractivity contribution in [2.75, 3.05) is 26.6 Å². The van der Waals surface area contributed by atoms with E-state index in [0.29, 0.717) is 16.9 Å². The fraction of sp³-hybridized carbons (Fsp3) is 0.393. The molecule has 4 amide bonds. The zero-order valence-electron chi connectivity index (χ0n) is 23.7. The second-order valence-corrected chi connectivity index (χ2v) is 13.6. The number of imide groups is 1. The summed E-state index contributed by atoms with van der Waals surface area (Å²) in [6, 6.07) is 8.67. The summed E-state index contributed by atoms with van der Waals surface area (Å²) in [5, 5.41) is 2.67. The van der Waals surface area contributed by atoms with Gasteiger partial charge in [-0.2, -0.15) is 0 Å². The van der Waals surface area contributed by atoms with Crippen molar-refractivity contribution in [2.24, 2.45) is 5.41 Å². The minimum Gasteiger partial charge on any atom is -0.497 e. The first kappa shape index (κ1) is 29.0. The first-order valence-electron chi connectivity index (χ1n) is 13.0. The predicted molar refractivity (Wildman–Crippen MR) is 148 cm³/mol. The molecule has 2 aliphatic rings. The molecule has 1 saturated heterocycles. The summed E-state index contributed by atoms with van der Waals surface area (Å²) in [6.45, 7) is 4.10. The lowest BCUT2D eigenvalue weighted by Gasteiger charge is -2.29. The molecule has 5 rings (SSSR count). The summed E-state index contributed by atoms with van der Waals surface area (Å²) in [6.07, 6.45) is 1.09. The molecule has 0 unspecified atom stereocenters. The van der Waals surface area contributed by atoms with Crippen LogP contribution >= 0.6 is 0 Å². The highest BCUT2D eigenvalue weighted by Crippen LogP contribution is 2.37. The molecular weight excluding hydrogens is 568 g/mol. The van der Waals surface area contributed by atoms with Crippen LogP contribution in [0.2, 0.25) is 0 Å². The number of pyridine rings is 1. The van der Waals surface area contributed by atoms with E-state index in [2.05, 4.69) is 10.3 Å². The Hall–Kier alpha value is -4.46. The zero-order valence-corrected chi connectivity index (χ0v) is 24.5. The number of urea groups is 1. The van der Waals surface area contributed by atoms with Crippen LogP contribution in [-0.4, -0.2) is 73.7 Å². The van der Waals surface area contributed by atoms with Crippen molar-refractivity contribution in [1.82, 2.24) is 20.1 Å². The van der Waals surface area contributed by atoms with Gasteiger partial charge >= 0.3 is 12.0 Å². The number of hydrogen-bond acceptors (Lipinski definition) is 10. The number of benzene rings is 1. The number of carbonyl (C=O) groups excluding carboxylic acids is 4. The average molecular weight is 599 g/mol. The number of amides is 4. The summed E-state index contributed by atoms with van der Waals surface area (Å²) >= 11 is 0. The van der Waals surface area contributed by atoms with E-state index in [9.17, 15) is 27.6 Å². The van der Waals surface area contributed by atoms with E-state index in [0.717, 1.165) is 11.2 Å². The molecule has 0 aliphatic carbocycles. The van der Waals surface area contributed by atoms with Crippen LogP contribution in [-0.2, 0) is 42.0 Å². The predicted octanol–water partition coefficient (Wildman–Crippen LogP) is 2.33. The van der Waals surface area contributed by atoms with Crippen molar-refractivity contribution in [3.63, 3.8) is 0 Å². The standard InChI is InChI=1S/C28H30N4O9S/c1-27(2,3)25(35)40-15-32-24(34)28(30-26(32)36,14-31-12-16-6-8-18(39-4)10-19(16)23(31)33)22-11-20-21(41-22)9-7-17(29-20)13-42(5,37)38/h6-11H,12-15H2,1-5H3,(H,30,36)/t28-/m0/s1. The zero-order chi connectivity index (χ0) is 30.6. The van der Waals surface area contributed by atoms with Gasteiger partial charge in [-0.05, 0) is 50.6 Å². The molecule has 4 heterocycles. The highest BCUT2D eigenvalue weighted by Gasteiger charge is 2.57. The number of hydrogen-bond donors (Lipinski definition) is 1. The number of furan rings is 1. The van der Waals surface area contributed by atoms with Crippen LogP contribution < -0.4 is 10.1 Å². The largest absolute Gasteiger partial charge is 0.497 e. The maximum Gasteiger partial charge on any atom is 0.328 e. The topological polar surface area (TPSA) is 165 Å². The number of sulfone groups is 1. The first-order chi connectivity index (χ1) is 19.6. The molecule has 3 aromatic rings. The van der Waals surface area contributed by atoms with Crippen LogP contribution in [0, 0.1) is 5.41 Å². The molecule has 1 N–H and O–H groups in total. The van der Waals surface area contributed by atoms with Gasteiger partial charge in [0.05, 0.1) is 30.5 Å². The minimum atomic E-state index is -3.37. The van der Waals surface area contributed by atoms with Gasteiger partial charge in [0.15, 0.2) is 27.7 Å². The van der Waals surface area contributed by atoms with Crippen LogP contribution in [0.4, 0.5) is 4.79 Å². The molecule has 0 bridgehead atoms. The van der Waals surface area contributed by atoms with Gasteiger partial charge in [0, 0.05) is 24.4 Å². The molecule has 1 atom stereocenters. The molecule has 2 aromatic heterocycles. The van der Waals surface area contributed by atoms with Crippen LogP contribution in [0.25, 0.3) is 11.1 Å². The summed E-state index contributed by atoms with van der Waals surface area (Å²) in [4.78, 5) is 59.5. The Morgan fingerprint density at radius 3 is 2.55 bits per heavy atom. The fourth-order valence-electron chi connectivity index (χ4n) is 4.84. The number of methoxy groups -OCH3 is 1. The third-order valence-corrected chi connectivity index (χ3v) is 7.82. The van der Waals surface area contributed by atoms with E-state index >= 15 is 0 Å². The number of rotatable bonds is 8. The van der Waals surface area contributed by atoms with Crippen LogP contribution in [0.1, 0.15) is 48.1 Å². The Labute approximate surface area is 241 Å². The van der Waals surface area contributed by atoms with Gasteiger partial charge in [0.25, 0.3) is 11.8 Å². The van der Waals surface area contributed by atoms with Gasteiger partial charge in [-0.15, -0.1) is 0 Å². The molecule has 2 aliphatic heterocycles. The van der Waals surface area contributed by atoms with E-state index in [-0.39, 0.29) is 47.3 Å². The molecule has 13 nitrogen and oxygen atoms in total. The maximum atomic E-state index is 14.0. The molecule has 222 valence electrons. The highest BCUT2D eigenvalue weighted by molar-refractivity contribution is 7.89. The number of nitrogens with one attached hydrogen (secondary N) is 1. The van der Waals surface area contributed by atoms with E-state index in [4.69, 9.17) is 13.9 Å². The normalized spacial score (nSPS) is 18.9. The summed E-state index contributed by atoms with van der Waals surface area (Å²) in [5.41, 5.74) is -0.908. The molecule has 1 aromatic carbocycles. The summed E-state index contributed by atoms with van der Waals surface area (Å²) < 4.78 is 40.1. The molecule has 0 spiro atoms. The van der Waals surface area contributed by atoms with Crippen molar-refractivity contribution < 1.29 is 41.5 Å². The second-order valence-electron chi connectivity index (χ2n) is 11.4. The minimum absolute atomic E-state index is 0.0224. The van der Waals surface area contributed by atoms with Gasteiger partial charge < -0.3 is 24.1 Å². The lowest BCUT2D eigenvalue weighted by molar-refractivity contribution is -0.158. The van der Waals surface area contributed by atoms with Crippen LogP contribution in [0.3, 0.4) is 0 Å². The van der Waals surface area contributed by atoms with Crippen molar-refractivity contribution in [2.45, 2.75) is 38.6 Å². The first-order valence-corrected chi connectivity index (χ1v) is 15.0. The number of esters is 1. The van der Waals surface area contributed by atoms with Crippen LogP contribution in [0.5, 0.6) is 5.75 Å². The fourth-order valence-corrected chi connectivity index (χ4v) is 5.54. The van der Waals surface area contributed by atoms with Crippen LogP contribution in [0.15, 0.2) is 40.8 Å². The lowest BCUT2D eigenvalue weighted by atomic mass is 9.95. The quantitative estimate of drug-likeness (QED) is 0.300. The number of carbonyl (C=O) groups is 4. The van der Waals surface area contributed by atoms with Gasteiger partial charge in [-0.1, -0.05) is 6.07 Å². The van der Waals surface area contributed by atoms with Crippen molar-refractivity contribution in [1.29, 1.82) is 0 Å². The van der Waals surface area contributed by atoms with Gasteiger partial charge in [-0.3, -0.25) is 14.4 Å². The highest BCUT2D eigenvalue weighted by atomic mass is 32.2. The molecule has 0 saturated carbocycles. The van der Waals surface area contributed by atoms with E-state index in [1.165, 1.54) is 30.2 Å². The van der Waals surface area contributed by atoms with Crippen molar-refractivity contribution >= 4 is 44.8 Å². The third-order valence-electron chi connectivity index (χ3n) is 7.00. The SMILES string of the molecule is COc1ccc2c(c1)C(=O)N(C[C@@]1(c3cc4nc(CS(C)(=O)=O)ccc4o3)NC(=O)N(COC(=O)C(C)(C)C)C1=O)C2. The Kier molecular flexibility index (Phi) is 7.00. The van der Waals surface area contributed by atoms with E-state index in [1.807, 2.05) is 0 Å². The molecule has 0 radical (unpaired) electrons. The summed E-state index contributed by atoms with van der Waals surface area (Å²) in [5.74, 6) is -1.64. The van der Waals surface area contributed by atoms with Crippen molar-refractivity contribution in [3.05, 3.63) is 59.0 Å². The molecule has 1 fully saturated rings. The molecular formula is C28H30N4O9S. The Balaban J connectivity index is 1.53. The monoisotopic (exact) mass is 598 g/mol. The van der Waals surface area contributed by atoms with E-state index < -0.39 is 45.4 Å². The third kappa shape index (κ3) is 5.29. The Morgan fingerprint density at radius 2 is 1.88 bits per heavy atom. The van der Waals surface area contributed by atoms with Gasteiger partial charge in [0.2, 0.25) is 0 Å². The smallest absolute Gasteiger partial charge is 0.328 e. The summed E-state index contributed by atoms with van der Waals surface area (Å²) in [7, 11) is -1.89. The Morgan fingerprint density at radius 1 is 1.14 bits per heavy atom. The van der Waals surface area contributed by atoms with E-state index in [1.54, 1.807) is 39.0 Å². The molecule has 14 heteroatoms. The lowest BCUT2D eigenvalue weighted by Crippen LogP contribution is -2.52. The Bertz CT molecular complexity index is 1740. The van der Waals surface area contributed by atoms with Gasteiger partial charge in [0.1, 0.15) is 17.0 Å². The second kappa shape index (κ2) is 10.1. The number of aromatic nitrogens is 1. The van der Waals surface area contributed by atoms with Crippen molar-refractivity contribution in [3.8, 4) is 5.75 Å². The van der Waals surface area contributed by atoms with Gasteiger partial charge in [-0.25, -0.2) is 23.1 Å². The number of nitrogens with zero attached hydrogens (tertiary/aromatic N) is 3. The maximum absolute atomic E-state index is 14.0.